The lowest BCUT2D eigenvalue weighted by Crippen LogP contribution is -2.11. The zero-order valence-corrected chi connectivity index (χ0v) is 17.1. The predicted octanol–water partition coefficient (Wildman–Crippen LogP) is 4.84. The highest BCUT2D eigenvalue weighted by Crippen LogP contribution is 2.35. The van der Waals surface area contributed by atoms with Crippen LogP contribution < -0.4 is 21.6 Å². The molecule has 0 saturated heterocycles. The second-order valence-electron chi connectivity index (χ2n) is 6.64. The maximum Gasteiger partial charge on any atom is 0.235 e. The van der Waals surface area contributed by atoms with Crippen LogP contribution >= 0.6 is 15.9 Å². The zero-order chi connectivity index (χ0) is 20.4. The van der Waals surface area contributed by atoms with Crippen LogP contribution in [-0.2, 0) is 13.2 Å². The summed E-state index contributed by atoms with van der Waals surface area (Å²) in [5, 5.41) is 0.419. The van der Waals surface area contributed by atoms with Gasteiger partial charge in [-0.25, -0.2) is 0 Å². The molecule has 0 bridgehead atoms. The first-order valence-electron chi connectivity index (χ1n) is 9.08. The van der Waals surface area contributed by atoms with Crippen molar-refractivity contribution in [1.82, 2.24) is 0 Å². The van der Waals surface area contributed by atoms with Crippen LogP contribution in [0.5, 0.6) is 5.75 Å². The first-order valence-corrected chi connectivity index (χ1v) is 9.88. The Kier molecular flexibility index (Phi) is 5.38. The van der Waals surface area contributed by atoms with Gasteiger partial charge in [0.2, 0.25) is 11.2 Å². The first-order chi connectivity index (χ1) is 14.1. The molecule has 0 radical (unpaired) electrons. The standard InChI is InChI=1S/C23H19BrN2O3/c24-19-11-15(12-25)10-18-20(27)23(28-13-14-4-2-1-3-5-14)21(29-22(18)19)16-6-8-17(26)9-7-16/h1-11H,12-13,25-26H2. The summed E-state index contributed by atoms with van der Waals surface area (Å²) in [4.78, 5) is 13.4. The van der Waals surface area contributed by atoms with E-state index in [1.165, 1.54) is 0 Å². The molecular weight excluding hydrogens is 432 g/mol. The quantitative estimate of drug-likeness (QED) is 0.424. The summed E-state index contributed by atoms with van der Waals surface area (Å²) in [5.41, 5.74) is 14.9. The van der Waals surface area contributed by atoms with Crippen LogP contribution in [0.2, 0.25) is 0 Å². The van der Waals surface area contributed by atoms with E-state index in [1.54, 1.807) is 30.3 Å². The van der Waals surface area contributed by atoms with Crippen molar-refractivity contribution in [2.75, 3.05) is 5.73 Å². The number of fused-ring (bicyclic) bond motifs is 1. The third-order valence-electron chi connectivity index (χ3n) is 4.60. The van der Waals surface area contributed by atoms with Gasteiger partial charge in [0.05, 0.1) is 9.86 Å². The van der Waals surface area contributed by atoms with E-state index >= 15 is 0 Å². The van der Waals surface area contributed by atoms with Crippen molar-refractivity contribution in [3.8, 4) is 17.1 Å². The van der Waals surface area contributed by atoms with Crippen LogP contribution in [0.1, 0.15) is 11.1 Å². The van der Waals surface area contributed by atoms with E-state index in [0.29, 0.717) is 39.0 Å². The minimum atomic E-state index is -0.245. The summed E-state index contributed by atoms with van der Waals surface area (Å²) in [6, 6.07) is 20.4. The van der Waals surface area contributed by atoms with Crippen molar-refractivity contribution < 1.29 is 9.15 Å². The average Bonchev–Trinajstić information content (AvgIpc) is 2.74. The van der Waals surface area contributed by atoms with E-state index < -0.39 is 0 Å². The fraction of sp³-hybridized carbons (Fsp3) is 0.0870. The van der Waals surface area contributed by atoms with E-state index in [1.807, 2.05) is 36.4 Å². The molecule has 0 saturated carbocycles. The molecule has 5 nitrogen and oxygen atoms in total. The molecule has 0 fully saturated rings. The maximum absolute atomic E-state index is 13.4. The molecule has 3 aromatic carbocycles. The summed E-state index contributed by atoms with van der Waals surface area (Å²) in [6.07, 6.45) is 0. The second-order valence-corrected chi connectivity index (χ2v) is 7.50. The molecule has 0 aliphatic rings. The largest absolute Gasteiger partial charge is 0.481 e. The Morgan fingerprint density at radius 2 is 1.69 bits per heavy atom. The van der Waals surface area contributed by atoms with E-state index in [2.05, 4.69) is 15.9 Å². The molecular formula is C23H19BrN2O3. The van der Waals surface area contributed by atoms with E-state index in [-0.39, 0.29) is 17.8 Å². The Morgan fingerprint density at radius 1 is 0.966 bits per heavy atom. The van der Waals surface area contributed by atoms with Gasteiger partial charge >= 0.3 is 0 Å². The van der Waals surface area contributed by atoms with Gasteiger partial charge in [-0.1, -0.05) is 30.3 Å². The SMILES string of the molecule is NCc1cc(Br)c2oc(-c3ccc(N)cc3)c(OCc3ccccc3)c(=O)c2c1. The number of nitrogens with two attached hydrogens (primary N) is 2. The van der Waals surface area contributed by atoms with E-state index in [4.69, 9.17) is 20.6 Å². The fourth-order valence-electron chi connectivity index (χ4n) is 3.10. The van der Waals surface area contributed by atoms with Crippen LogP contribution in [0.4, 0.5) is 5.69 Å². The second kappa shape index (κ2) is 8.11. The number of benzene rings is 3. The molecule has 6 heteroatoms. The number of hydrogen-bond donors (Lipinski definition) is 2. The average molecular weight is 451 g/mol. The normalized spacial score (nSPS) is 11.0. The van der Waals surface area contributed by atoms with Gasteiger partial charge in [-0.2, -0.15) is 0 Å². The first kappa shape index (κ1) is 19.2. The van der Waals surface area contributed by atoms with E-state index in [0.717, 1.165) is 11.1 Å². The molecule has 1 aromatic heterocycles. The molecule has 0 unspecified atom stereocenters. The van der Waals surface area contributed by atoms with Gasteiger partial charge in [0.25, 0.3) is 0 Å². The van der Waals surface area contributed by atoms with Gasteiger partial charge in [0.1, 0.15) is 6.61 Å². The molecule has 0 amide bonds. The maximum atomic E-state index is 13.4. The van der Waals surface area contributed by atoms with Crippen LogP contribution in [0.15, 0.2) is 80.4 Å². The van der Waals surface area contributed by atoms with E-state index in [9.17, 15) is 4.79 Å². The molecule has 4 aromatic rings. The number of halogens is 1. The molecule has 4 N–H and O–H groups in total. The highest BCUT2D eigenvalue weighted by atomic mass is 79.9. The van der Waals surface area contributed by atoms with Crippen LogP contribution in [0.3, 0.4) is 0 Å². The summed E-state index contributed by atoms with van der Waals surface area (Å²) >= 11 is 3.49. The van der Waals surface area contributed by atoms with Crippen LogP contribution in [0.25, 0.3) is 22.3 Å². The minimum Gasteiger partial charge on any atom is -0.481 e. The van der Waals surface area contributed by atoms with Gasteiger partial charge in [-0.15, -0.1) is 0 Å². The van der Waals surface area contributed by atoms with Gasteiger partial charge in [-0.3, -0.25) is 4.79 Å². The van der Waals surface area contributed by atoms with Crippen molar-refractivity contribution in [1.29, 1.82) is 0 Å². The topological polar surface area (TPSA) is 91.5 Å². The number of anilines is 1. The molecule has 29 heavy (non-hydrogen) atoms. The van der Waals surface area contributed by atoms with Crippen molar-refractivity contribution >= 4 is 32.6 Å². The molecule has 0 atom stereocenters. The molecule has 4 rings (SSSR count). The smallest absolute Gasteiger partial charge is 0.235 e. The van der Waals surface area contributed by atoms with Crippen molar-refractivity contribution in [2.45, 2.75) is 13.2 Å². The van der Waals surface area contributed by atoms with Crippen LogP contribution in [0, 0.1) is 0 Å². The summed E-state index contributed by atoms with van der Waals surface area (Å²) < 4.78 is 12.8. The summed E-state index contributed by atoms with van der Waals surface area (Å²) in [6.45, 7) is 0.560. The Labute approximate surface area is 176 Å². The number of hydrogen-bond acceptors (Lipinski definition) is 5. The van der Waals surface area contributed by atoms with Crippen molar-refractivity contribution in [3.05, 3.63) is 92.6 Å². The van der Waals surface area contributed by atoms with Gasteiger partial charge in [-0.05, 0) is 63.5 Å². The Balaban J connectivity index is 1.91. The third kappa shape index (κ3) is 3.90. The predicted molar refractivity (Wildman–Crippen MR) is 119 cm³/mol. The molecule has 146 valence electrons. The number of ether oxygens (including phenoxy) is 1. The van der Waals surface area contributed by atoms with Gasteiger partial charge in [0, 0.05) is 17.8 Å². The lowest BCUT2D eigenvalue weighted by atomic mass is 10.1. The van der Waals surface area contributed by atoms with Crippen molar-refractivity contribution in [3.63, 3.8) is 0 Å². The third-order valence-corrected chi connectivity index (χ3v) is 5.19. The van der Waals surface area contributed by atoms with Crippen molar-refractivity contribution in [2.24, 2.45) is 5.73 Å². The molecule has 0 spiro atoms. The summed E-state index contributed by atoms with van der Waals surface area (Å²) in [7, 11) is 0. The monoisotopic (exact) mass is 450 g/mol. The summed E-state index contributed by atoms with van der Waals surface area (Å²) in [5.74, 6) is 0.520. The highest BCUT2D eigenvalue weighted by molar-refractivity contribution is 9.10. The Bertz CT molecular complexity index is 1220. The Morgan fingerprint density at radius 3 is 2.38 bits per heavy atom. The number of nitrogen functional groups attached to an aromatic ring is 1. The van der Waals surface area contributed by atoms with Crippen LogP contribution in [-0.4, -0.2) is 0 Å². The number of rotatable bonds is 5. The molecule has 0 aliphatic carbocycles. The molecule has 1 heterocycles. The highest BCUT2D eigenvalue weighted by Gasteiger charge is 2.20. The lowest BCUT2D eigenvalue weighted by Gasteiger charge is -2.13. The molecule has 0 aliphatic heterocycles. The zero-order valence-electron chi connectivity index (χ0n) is 15.5. The lowest BCUT2D eigenvalue weighted by molar-refractivity contribution is 0.298. The fourth-order valence-corrected chi connectivity index (χ4v) is 3.69. The van der Waals surface area contributed by atoms with Gasteiger partial charge < -0.3 is 20.6 Å². The van der Waals surface area contributed by atoms with Gasteiger partial charge in [0.15, 0.2) is 11.3 Å². The Hall–Kier alpha value is -3.09. The minimum absolute atomic E-state index is 0.159.